The number of nitrogens with zero attached hydrogens (tertiary/aromatic N) is 2. The van der Waals surface area contributed by atoms with Gasteiger partial charge in [-0.3, -0.25) is 19.6 Å². The summed E-state index contributed by atoms with van der Waals surface area (Å²) in [5.74, 6) is -0.881. The van der Waals surface area contributed by atoms with Crippen molar-refractivity contribution in [1.82, 2.24) is 9.97 Å². The van der Waals surface area contributed by atoms with Crippen molar-refractivity contribution in [3.8, 4) is 0 Å². The van der Waals surface area contributed by atoms with Crippen LogP contribution in [0.1, 0.15) is 84.0 Å². The van der Waals surface area contributed by atoms with Crippen LogP contribution in [0.3, 0.4) is 0 Å². The number of ether oxygens (including phenoxy) is 1. The molecule has 0 spiro atoms. The molecule has 6 heteroatoms. The van der Waals surface area contributed by atoms with Crippen LogP contribution in [0, 0.1) is 0 Å². The van der Waals surface area contributed by atoms with Gasteiger partial charge in [-0.25, -0.2) is 0 Å². The summed E-state index contributed by atoms with van der Waals surface area (Å²) in [6, 6.07) is 0. The normalized spacial score (nSPS) is 10.2. The van der Waals surface area contributed by atoms with Gasteiger partial charge in [0.1, 0.15) is 0 Å². The molecule has 0 saturated heterocycles. The lowest BCUT2D eigenvalue weighted by atomic mass is 10.2. The van der Waals surface area contributed by atoms with E-state index in [1.54, 1.807) is 12.4 Å². The van der Waals surface area contributed by atoms with E-state index in [2.05, 4.69) is 47.6 Å². The Morgan fingerprint density at radius 2 is 1.50 bits per heavy atom. The summed E-state index contributed by atoms with van der Waals surface area (Å²) in [6.45, 7) is 8.35. The van der Waals surface area contributed by atoms with Gasteiger partial charge in [0, 0.05) is 18.8 Å². The Bertz CT molecular complexity index is 590. The van der Waals surface area contributed by atoms with Gasteiger partial charge in [0.05, 0.1) is 24.9 Å². The first kappa shape index (κ1) is 29.7. The monoisotopic (exact) mass is 420 g/mol. The average molecular weight is 421 g/mol. The summed E-state index contributed by atoms with van der Waals surface area (Å²) >= 11 is 0. The van der Waals surface area contributed by atoms with Crippen LogP contribution in [0.2, 0.25) is 0 Å². The number of aryl methyl sites for hydroxylation is 2. The number of methoxy groups -OCH3 is 1. The molecule has 0 saturated carbocycles. The van der Waals surface area contributed by atoms with E-state index < -0.39 is 5.97 Å². The largest absolute Gasteiger partial charge is 0.481 e. The molecule has 6 nitrogen and oxygen atoms in total. The van der Waals surface area contributed by atoms with Crippen molar-refractivity contribution in [2.75, 3.05) is 7.11 Å². The highest BCUT2D eigenvalue weighted by atomic mass is 16.5. The fraction of sp³-hybridized carbons (Fsp3) is 0.583. The molecular weight excluding hydrogens is 380 g/mol. The molecule has 1 heterocycles. The van der Waals surface area contributed by atoms with Crippen molar-refractivity contribution in [2.24, 2.45) is 0 Å². The number of unbranched alkanes of at least 4 members (excludes halogenated alkanes) is 2. The van der Waals surface area contributed by atoms with Crippen LogP contribution in [0.15, 0.2) is 36.7 Å². The topological polar surface area (TPSA) is 89.4 Å². The molecule has 1 rings (SSSR count). The van der Waals surface area contributed by atoms with Crippen molar-refractivity contribution in [2.45, 2.75) is 85.5 Å². The predicted molar refractivity (Wildman–Crippen MR) is 122 cm³/mol. The molecule has 1 aromatic rings. The quantitative estimate of drug-likeness (QED) is 0.280. The standard InChI is InChI=1S/C9H16O2.C8H12N2.C7H12O2/c1-2-3-4-5-6-7-8-9(10)11;1-3-7-8(4-2)10-6-5-9-7;1-3-4-5-6-7(8)9-2/h4-5H,2-3,6-8H2,1H3,(H,10,11);5-6H,3-4H2,1-2H3;4-5H,3,6H2,1-2H3. The third-order valence-corrected chi connectivity index (χ3v) is 3.83. The zero-order valence-electron chi connectivity index (χ0n) is 19.4. The molecule has 1 N–H and O–H groups in total. The van der Waals surface area contributed by atoms with Crippen molar-refractivity contribution < 1.29 is 19.4 Å². The summed E-state index contributed by atoms with van der Waals surface area (Å²) in [5.41, 5.74) is 2.26. The van der Waals surface area contributed by atoms with Gasteiger partial charge >= 0.3 is 11.9 Å². The van der Waals surface area contributed by atoms with Crippen LogP contribution >= 0.6 is 0 Å². The Morgan fingerprint density at radius 3 is 1.93 bits per heavy atom. The second-order valence-corrected chi connectivity index (χ2v) is 6.36. The molecule has 0 fully saturated rings. The molecule has 0 aliphatic heterocycles. The van der Waals surface area contributed by atoms with Gasteiger partial charge in [0.25, 0.3) is 0 Å². The van der Waals surface area contributed by atoms with Gasteiger partial charge in [-0.15, -0.1) is 0 Å². The average Bonchev–Trinajstić information content (AvgIpc) is 2.76. The van der Waals surface area contributed by atoms with Gasteiger partial charge in [-0.05, 0) is 38.5 Å². The highest BCUT2D eigenvalue weighted by Gasteiger charge is 1.97. The van der Waals surface area contributed by atoms with Crippen molar-refractivity contribution in [3.63, 3.8) is 0 Å². The second-order valence-electron chi connectivity index (χ2n) is 6.36. The minimum Gasteiger partial charge on any atom is -0.481 e. The molecule has 170 valence electrons. The van der Waals surface area contributed by atoms with Crippen LogP contribution in [0.25, 0.3) is 0 Å². The zero-order valence-corrected chi connectivity index (χ0v) is 19.4. The van der Waals surface area contributed by atoms with Gasteiger partial charge in [-0.2, -0.15) is 0 Å². The molecule has 0 bridgehead atoms. The van der Waals surface area contributed by atoms with Gasteiger partial charge < -0.3 is 9.84 Å². The van der Waals surface area contributed by atoms with Crippen LogP contribution < -0.4 is 0 Å². The number of carbonyl (C=O) groups excluding carboxylic acids is 1. The lowest BCUT2D eigenvalue weighted by Gasteiger charge is -1.99. The van der Waals surface area contributed by atoms with Crippen molar-refractivity contribution >= 4 is 11.9 Å². The fourth-order valence-corrected chi connectivity index (χ4v) is 2.19. The highest BCUT2D eigenvalue weighted by Crippen LogP contribution is 2.01. The number of carboxylic acid groups (broad SMARTS) is 1. The fourth-order valence-electron chi connectivity index (χ4n) is 2.19. The van der Waals surface area contributed by atoms with Crippen LogP contribution in [-0.4, -0.2) is 34.1 Å². The smallest absolute Gasteiger partial charge is 0.309 e. The Morgan fingerprint density at radius 1 is 0.933 bits per heavy atom. The van der Waals surface area contributed by atoms with Crippen LogP contribution in [0.5, 0.6) is 0 Å². The molecule has 0 amide bonds. The molecule has 0 atom stereocenters. The first-order valence-corrected chi connectivity index (χ1v) is 10.8. The van der Waals surface area contributed by atoms with E-state index >= 15 is 0 Å². The SMILES string of the molecule is CCC=CCC(=O)OC.CCCC=CCCCC(=O)O.CCc1nccnc1CC. The van der Waals surface area contributed by atoms with E-state index in [4.69, 9.17) is 5.11 Å². The van der Waals surface area contributed by atoms with Crippen LogP contribution in [0.4, 0.5) is 0 Å². The number of aliphatic carboxylic acids is 1. The molecule has 30 heavy (non-hydrogen) atoms. The maximum atomic E-state index is 10.4. The summed E-state index contributed by atoms with van der Waals surface area (Å²) in [4.78, 5) is 28.9. The van der Waals surface area contributed by atoms with E-state index in [0.29, 0.717) is 6.42 Å². The minimum absolute atomic E-state index is 0.181. The summed E-state index contributed by atoms with van der Waals surface area (Å²) in [7, 11) is 1.39. The Hall–Kier alpha value is -2.50. The van der Waals surface area contributed by atoms with Gasteiger partial charge in [0.2, 0.25) is 0 Å². The molecule has 1 aromatic heterocycles. The second kappa shape index (κ2) is 22.8. The highest BCUT2D eigenvalue weighted by molar-refractivity contribution is 5.70. The van der Waals surface area contributed by atoms with E-state index in [-0.39, 0.29) is 12.4 Å². The summed E-state index contributed by atoms with van der Waals surface area (Å²) < 4.78 is 4.41. The van der Waals surface area contributed by atoms with E-state index in [1.807, 2.05) is 19.1 Å². The number of carbonyl (C=O) groups is 2. The third-order valence-electron chi connectivity index (χ3n) is 3.83. The number of hydrogen-bond acceptors (Lipinski definition) is 5. The Labute approximate surface area is 182 Å². The molecular formula is C24H40N2O4. The maximum Gasteiger partial charge on any atom is 0.309 e. The number of carboxylic acids is 1. The lowest BCUT2D eigenvalue weighted by molar-refractivity contribution is -0.139. The number of esters is 1. The Kier molecular flexibility index (Phi) is 22.6. The minimum atomic E-state index is -0.700. The lowest BCUT2D eigenvalue weighted by Crippen LogP contribution is -1.96. The molecule has 0 aromatic carbocycles. The zero-order chi connectivity index (χ0) is 23.0. The van der Waals surface area contributed by atoms with Crippen molar-refractivity contribution in [3.05, 3.63) is 48.1 Å². The summed E-state index contributed by atoms with van der Waals surface area (Å²) in [5, 5.41) is 8.29. The van der Waals surface area contributed by atoms with Crippen LogP contribution in [-0.2, 0) is 27.2 Å². The number of hydrogen-bond donors (Lipinski definition) is 1. The van der Waals surface area contributed by atoms with Gasteiger partial charge in [0.15, 0.2) is 0 Å². The maximum absolute atomic E-state index is 10.4. The summed E-state index contributed by atoms with van der Waals surface area (Å²) in [6.07, 6.45) is 19.0. The number of allylic oxidation sites excluding steroid dienone is 3. The van der Waals surface area contributed by atoms with Gasteiger partial charge in [-0.1, -0.05) is 58.4 Å². The number of rotatable bonds is 11. The predicted octanol–water partition coefficient (Wildman–Crippen LogP) is 5.71. The third kappa shape index (κ3) is 20.2. The first-order valence-electron chi connectivity index (χ1n) is 10.8. The molecule has 0 radical (unpaired) electrons. The number of aromatic nitrogens is 2. The van der Waals surface area contributed by atoms with E-state index in [0.717, 1.165) is 56.3 Å². The first-order chi connectivity index (χ1) is 14.5. The molecule has 0 unspecified atom stereocenters. The Balaban J connectivity index is 0. The van der Waals surface area contributed by atoms with Crippen molar-refractivity contribution in [1.29, 1.82) is 0 Å². The van der Waals surface area contributed by atoms with E-state index in [9.17, 15) is 9.59 Å². The molecule has 0 aliphatic carbocycles. The molecule has 0 aliphatic rings. The van der Waals surface area contributed by atoms with E-state index in [1.165, 1.54) is 7.11 Å².